The fraction of sp³-hybridized carbons (Fsp3) is 0.308. The van der Waals surface area contributed by atoms with E-state index in [1.54, 1.807) is 12.1 Å². The van der Waals surface area contributed by atoms with Gasteiger partial charge in [0.2, 0.25) is 0 Å². The first kappa shape index (κ1) is 26.6. The molecule has 0 unspecified atom stereocenters. The summed E-state index contributed by atoms with van der Waals surface area (Å²) < 4.78 is 20.3. The molecule has 0 saturated heterocycles. The second-order valence-corrected chi connectivity index (χ2v) is 8.40. The molecule has 0 atom stereocenters. The summed E-state index contributed by atoms with van der Waals surface area (Å²) in [5, 5.41) is 10.1. The van der Waals surface area contributed by atoms with Gasteiger partial charge in [-0.3, -0.25) is 9.59 Å². The highest BCUT2D eigenvalue weighted by Crippen LogP contribution is 2.35. The zero-order chi connectivity index (χ0) is 26.4. The molecule has 0 spiro atoms. The van der Waals surface area contributed by atoms with Crippen molar-refractivity contribution in [3.05, 3.63) is 64.2 Å². The molecule has 4 rings (SSSR count). The minimum Gasteiger partial charge on any atom is -0.496 e. The topological polar surface area (TPSA) is 131 Å². The number of carbonyl (C=O) groups excluding carboxylic acids is 1. The van der Waals surface area contributed by atoms with E-state index in [4.69, 9.17) is 20.4 Å². The van der Waals surface area contributed by atoms with E-state index >= 15 is 0 Å². The first-order valence-electron chi connectivity index (χ1n) is 11.4. The number of ether oxygens (including phenoxy) is 1. The van der Waals surface area contributed by atoms with Crippen molar-refractivity contribution in [2.24, 2.45) is 5.73 Å². The maximum absolute atomic E-state index is 14.9. The highest BCUT2D eigenvalue weighted by atomic mass is 19.1. The number of nitrogens with one attached hydrogen (secondary N) is 1. The summed E-state index contributed by atoms with van der Waals surface area (Å²) in [5.74, 6) is -0.669. The fourth-order valence-electron chi connectivity index (χ4n) is 4.35. The summed E-state index contributed by atoms with van der Waals surface area (Å²) in [6.45, 7) is 5.55. The monoisotopic (exact) mass is 495 g/mol. The molecule has 1 aliphatic rings. The number of anilines is 2. The minimum atomic E-state index is -0.707. The highest BCUT2D eigenvalue weighted by Gasteiger charge is 2.23. The number of aromatic nitrogens is 2. The zero-order valence-corrected chi connectivity index (χ0v) is 20.8. The van der Waals surface area contributed by atoms with Gasteiger partial charge in [-0.05, 0) is 67.8 Å². The summed E-state index contributed by atoms with van der Waals surface area (Å²) in [7, 11) is 3.56. The number of carbonyl (C=O) groups is 2. The van der Waals surface area contributed by atoms with E-state index in [0.717, 1.165) is 30.8 Å². The SMILES string of the molecule is CCc1nc(C(N)=O)c(Nc2cc(C)c3c(c2)CN(C)CC3)nc1-c1c(F)cccc1OC.O=CO. The van der Waals surface area contributed by atoms with Gasteiger partial charge in [0.1, 0.15) is 17.3 Å². The molecular weight excluding hydrogens is 465 g/mol. The number of hydrogen-bond acceptors (Lipinski definition) is 7. The number of aryl methyl sites for hydroxylation is 2. The molecule has 0 radical (unpaired) electrons. The van der Waals surface area contributed by atoms with E-state index in [9.17, 15) is 9.18 Å². The molecule has 0 fully saturated rings. The number of benzene rings is 2. The predicted molar refractivity (Wildman–Crippen MR) is 135 cm³/mol. The van der Waals surface area contributed by atoms with Gasteiger partial charge in [0.05, 0.1) is 18.4 Å². The molecule has 0 bridgehead atoms. The average Bonchev–Trinajstić information content (AvgIpc) is 2.83. The molecule has 9 nitrogen and oxygen atoms in total. The number of fused-ring (bicyclic) bond motifs is 1. The smallest absolute Gasteiger partial charge is 0.290 e. The number of hydrogen-bond donors (Lipinski definition) is 3. The van der Waals surface area contributed by atoms with Gasteiger partial charge in [0, 0.05) is 18.8 Å². The number of carboxylic acid groups (broad SMARTS) is 1. The Bertz CT molecular complexity index is 1280. The molecule has 2 heterocycles. The quantitative estimate of drug-likeness (QED) is 0.442. The van der Waals surface area contributed by atoms with E-state index in [2.05, 4.69) is 40.2 Å². The summed E-state index contributed by atoms with van der Waals surface area (Å²) in [6, 6.07) is 8.66. The maximum atomic E-state index is 14.9. The third-order valence-corrected chi connectivity index (χ3v) is 5.98. The van der Waals surface area contributed by atoms with Gasteiger partial charge in [0.25, 0.3) is 12.4 Å². The number of amides is 1. The van der Waals surface area contributed by atoms with Crippen LogP contribution in [-0.4, -0.2) is 53.1 Å². The van der Waals surface area contributed by atoms with Crippen molar-refractivity contribution in [2.75, 3.05) is 26.0 Å². The Morgan fingerprint density at radius 1 is 1.33 bits per heavy atom. The lowest BCUT2D eigenvalue weighted by atomic mass is 9.94. The van der Waals surface area contributed by atoms with Crippen LogP contribution in [0.25, 0.3) is 11.3 Å². The molecule has 0 saturated carbocycles. The molecule has 190 valence electrons. The van der Waals surface area contributed by atoms with Crippen LogP contribution in [0.1, 0.15) is 39.8 Å². The van der Waals surface area contributed by atoms with Gasteiger partial charge in [-0.25, -0.2) is 14.4 Å². The van der Waals surface area contributed by atoms with Crippen molar-refractivity contribution >= 4 is 23.9 Å². The van der Waals surface area contributed by atoms with E-state index in [-0.39, 0.29) is 23.5 Å². The number of halogens is 1. The zero-order valence-electron chi connectivity index (χ0n) is 20.8. The molecule has 4 N–H and O–H groups in total. The van der Waals surface area contributed by atoms with E-state index < -0.39 is 11.7 Å². The van der Waals surface area contributed by atoms with Crippen LogP contribution in [0.4, 0.5) is 15.9 Å². The molecule has 1 aromatic heterocycles. The van der Waals surface area contributed by atoms with Gasteiger partial charge in [0.15, 0.2) is 11.5 Å². The second-order valence-electron chi connectivity index (χ2n) is 8.40. The van der Waals surface area contributed by atoms with Crippen molar-refractivity contribution in [2.45, 2.75) is 33.2 Å². The largest absolute Gasteiger partial charge is 0.496 e. The Balaban J connectivity index is 0.00000115. The van der Waals surface area contributed by atoms with Crippen LogP contribution in [0.5, 0.6) is 5.75 Å². The summed E-state index contributed by atoms with van der Waals surface area (Å²) >= 11 is 0. The average molecular weight is 496 g/mol. The van der Waals surface area contributed by atoms with Gasteiger partial charge in [-0.2, -0.15) is 0 Å². The molecular formula is C26H30FN5O4. The second kappa shape index (κ2) is 11.6. The molecule has 1 aliphatic heterocycles. The van der Waals surface area contributed by atoms with Crippen LogP contribution in [0.3, 0.4) is 0 Å². The standard InChI is InChI=1S/C25H28FN5O2.CH2O2/c1-5-19-22(21-18(26)7-6-8-20(21)33-4)30-25(23(29-19)24(27)32)28-16-11-14(2)17-9-10-31(3)13-15(17)12-16;2-1-3/h6-8,11-12H,5,9-10,13H2,1-4H3,(H2,27,32)(H,28,30);1H,(H,2,3). The normalized spacial score (nSPS) is 12.7. The third kappa shape index (κ3) is 5.60. The van der Waals surface area contributed by atoms with Crippen LogP contribution in [-0.2, 0) is 24.2 Å². The molecule has 2 aromatic carbocycles. The van der Waals surface area contributed by atoms with E-state index in [0.29, 0.717) is 23.6 Å². The van der Waals surface area contributed by atoms with Gasteiger partial charge in [-0.1, -0.05) is 13.0 Å². The van der Waals surface area contributed by atoms with Crippen LogP contribution in [0.15, 0.2) is 30.3 Å². The number of nitrogens with two attached hydrogens (primary N) is 1. The van der Waals surface area contributed by atoms with Gasteiger partial charge < -0.3 is 25.8 Å². The molecule has 36 heavy (non-hydrogen) atoms. The molecule has 3 aromatic rings. The maximum Gasteiger partial charge on any atom is 0.290 e. The van der Waals surface area contributed by atoms with Crippen LogP contribution in [0.2, 0.25) is 0 Å². The lowest BCUT2D eigenvalue weighted by molar-refractivity contribution is -0.122. The molecule has 0 aliphatic carbocycles. The summed E-state index contributed by atoms with van der Waals surface area (Å²) in [4.78, 5) is 32.0. The van der Waals surface area contributed by atoms with Crippen LogP contribution >= 0.6 is 0 Å². The van der Waals surface area contributed by atoms with E-state index in [1.165, 1.54) is 24.3 Å². The number of rotatable bonds is 6. The Kier molecular flexibility index (Phi) is 8.55. The number of nitrogens with zero attached hydrogens (tertiary/aromatic N) is 3. The summed E-state index contributed by atoms with van der Waals surface area (Å²) in [5.41, 5.74) is 11.1. The third-order valence-electron chi connectivity index (χ3n) is 5.98. The van der Waals surface area contributed by atoms with Gasteiger partial charge in [-0.15, -0.1) is 0 Å². The first-order valence-corrected chi connectivity index (χ1v) is 11.4. The first-order chi connectivity index (χ1) is 17.2. The van der Waals surface area contributed by atoms with Crippen molar-refractivity contribution in [1.82, 2.24) is 14.9 Å². The number of likely N-dealkylation sites (N-methyl/N-ethyl adjacent to an activating group) is 1. The Morgan fingerprint density at radius 3 is 2.69 bits per heavy atom. The van der Waals surface area contributed by atoms with Crippen molar-refractivity contribution < 1.29 is 23.8 Å². The minimum absolute atomic E-state index is 0.0124. The fourth-order valence-corrected chi connectivity index (χ4v) is 4.35. The van der Waals surface area contributed by atoms with E-state index in [1.807, 2.05) is 13.0 Å². The Labute approximate surface area is 209 Å². The number of primary amides is 1. The van der Waals surface area contributed by atoms with Gasteiger partial charge >= 0.3 is 0 Å². The highest BCUT2D eigenvalue weighted by molar-refractivity contribution is 5.97. The lowest BCUT2D eigenvalue weighted by Crippen LogP contribution is -2.27. The Morgan fingerprint density at radius 2 is 2.06 bits per heavy atom. The lowest BCUT2D eigenvalue weighted by Gasteiger charge is -2.27. The van der Waals surface area contributed by atoms with Crippen molar-refractivity contribution in [3.63, 3.8) is 0 Å². The van der Waals surface area contributed by atoms with Crippen molar-refractivity contribution in [3.8, 4) is 17.0 Å². The van der Waals surface area contributed by atoms with Crippen molar-refractivity contribution in [1.29, 1.82) is 0 Å². The molecule has 1 amide bonds. The molecule has 10 heteroatoms. The Hall–Kier alpha value is -4.05. The van der Waals surface area contributed by atoms with Crippen LogP contribution < -0.4 is 15.8 Å². The van der Waals surface area contributed by atoms with Crippen LogP contribution in [0, 0.1) is 12.7 Å². The summed E-state index contributed by atoms with van der Waals surface area (Å²) in [6.07, 6.45) is 1.43. The predicted octanol–water partition coefficient (Wildman–Crippen LogP) is 3.69. The number of methoxy groups -OCH3 is 1.